The van der Waals surface area contributed by atoms with E-state index >= 15 is 0 Å². The molecule has 0 fully saturated rings. The zero-order chi connectivity index (χ0) is 9.82. The lowest BCUT2D eigenvalue weighted by atomic mass is 10.3. The summed E-state index contributed by atoms with van der Waals surface area (Å²) < 4.78 is 9.50. The minimum atomic E-state index is 0.500. The number of alkyl halides is 1. The van der Waals surface area contributed by atoms with E-state index in [1.807, 2.05) is 32.0 Å². The van der Waals surface area contributed by atoms with E-state index in [1.54, 1.807) is 12.1 Å². The van der Waals surface area contributed by atoms with Crippen LogP contribution >= 0.6 is 0 Å². The van der Waals surface area contributed by atoms with Gasteiger partial charge in [0.2, 0.25) is 0 Å². The molecule has 0 aliphatic heterocycles. The van der Waals surface area contributed by atoms with Crippen molar-refractivity contribution in [2.45, 2.75) is 13.8 Å². The van der Waals surface area contributed by atoms with Crippen molar-refractivity contribution < 1.29 is 4.39 Å². The summed E-state index contributed by atoms with van der Waals surface area (Å²) in [5.41, 5.74) is 0.701. The van der Waals surface area contributed by atoms with Crippen LogP contribution in [0.15, 0.2) is 30.3 Å². The van der Waals surface area contributed by atoms with E-state index in [-0.39, 0.29) is 0 Å². The summed E-state index contributed by atoms with van der Waals surface area (Å²) in [6, 6.07) is 9.18. The molecule has 0 bridgehead atoms. The summed E-state index contributed by atoms with van der Waals surface area (Å²) >= 11 is 0. The van der Waals surface area contributed by atoms with Crippen LogP contribution < -0.4 is 0 Å². The molecule has 0 unspecified atom stereocenters. The van der Waals surface area contributed by atoms with Gasteiger partial charge in [-0.15, -0.1) is 0 Å². The van der Waals surface area contributed by atoms with Crippen molar-refractivity contribution in [2.75, 3.05) is 7.18 Å². The Morgan fingerprint density at radius 3 is 1.75 bits per heavy atom. The number of benzene rings is 1. The molecule has 0 aliphatic rings. The van der Waals surface area contributed by atoms with Crippen LogP contribution in [0.25, 0.3) is 4.85 Å². The topological polar surface area (TPSA) is 4.36 Å². The van der Waals surface area contributed by atoms with Gasteiger partial charge in [0.25, 0.3) is 0 Å². The fourth-order valence-corrected chi connectivity index (χ4v) is 0.503. The molecular weight excluding hydrogens is 153 g/mol. The third kappa shape index (κ3) is 6.76. The van der Waals surface area contributed by atoms with Crippen molar-refractivity contribution in [3.8, 4) is 0 Å². The lowest BCUT2D eigenvalue weighted by Gasteiger charge is -1.80. The van der Waals surface area contributed by atoms with Crippen molar-refractivity contribution >= 4 is 5.69 Å². The van der Waals surface area contributed by atoms with Crippen molar-refractivity contribution in [2.24, 2.45) is 0 Å². The Labute approximate surface area is 73.7 Å². The van der Waals surface area contributed by atoms with E-state index < -0.39 is 0 Å². The van der Waals surface area contributed by atoms with Gasteiger partial charge < -0.3 is 0 Å². The molecule has 0 saturated heterocycles. The van der Waals surface area contributed by atoms with Crippen molar-refractivity contribution in [3.63, 3.8) is 0 Å². The number of hydrogen-bond donors (Lipinski definition) is 0. The lowest BCUT2D eigenvalue weighted by molar-refractivity contribution is 0.636. The van der Waals surface area contributed by atoms with Gasteiger partial charge in [0.15, 0.2) is 5.69 Å². The normalized spacial score (nSPS) is 6.25. The molecule has 1 aromatic rings. The Balaban J connectivity index is 0. The Hall–Kier alpha value is -1.36. The molecule has 0 aromatic heterocycles. The van der Waals surface area contributed by atoms with E-state index in [4.69, 9.17) is 6.57 Å². The molecule has 0 radical (unpaired) electrons. The van der Waals surface area contributed by atoms with Gasteiger partial charge in [-0.05, 0) is 0 Å². The van der Waals surface area contributed by atoms with Crippen molar-refractivity contribution in [3.05, 3.63) is 41.7 Å². The molecule has 0 N–H and O–H groups in total. The molecule has 0 atom stereocenters. The van der Waals surface area contributed by atoms with Gasteiger partial charge in [0, 0.05) is 0 Å². The second kappa shape index (κ2) is 12.3. The van der Waals surface area contributed by atoms with Crippen LogP contribution in [0.2, 0.25) is 0 Å². The maximum absolute atomic E-state index is 9.50. The number of nitrogens with zero attached hydrogens (tertiary/aromatic N) is 1. The molecule has 0 spiro atoms. The highest BCUT2D eigenvalue weighted by atomic mass is 19.1. The summed E-state index contributed by atoms with van der Waals surface area (Å²) in [6.45, 7) is 10.6. The summed E-state index contributed by atoms with van der Waals surface area (Å²) in [5, 5.41) is 0. The minimum Gasteiger partial charge on any atom is -0.255 e. The second-order valence-corrected chi connectivity index (χ2v) is 1.45. The maximum Gasteiger partial charge on any atom is 0.187 e. The van der Waals surface area contributed by atoms with E-state index in [0.717, 1.165) is 0 Å². The van der Waals surface area contributed by atoms with Crippen LogP contribution in [0.5, 0.6) is 0 Å². The number of halogens is 1. The first-order valence-electron chi connectivity index (χ1n) is 3.74. The van der Waals surface area contributed by atoms with Gasteiger partial charge in [0.05, 0.1) is 13.7 Å². The first kappa shape index (κ1) is 13.2. The fourth-order valence-electron chi connectivity index (χ4n) is 0.503. The molecule has 66 valence electrons. The number of hydrogen-bond acceptors (Lipinski definition) is 0. The smallest absolute Gasteiger partial charge is 0.187 e. The molecule has 12 heavy (non-hydrogen) atoms. The Morgan fingerprint density at radius 1 is 1.08 bits per heavy atom. The van der Waals surface area contributed by atoms with Gasteiger partial charge >= 0.3 is 0 Å². The predicted molar refractivity (Wildman–Crippen MR) is 51.1 cm³/mol. The molecule has 2 heteroatoms. The van der Waals surface area contributed by atoms with Gasteiger partial charge in [-0.1, -0.05) is 44.2 Å². The van der Waals surface area contributed by atoms with E-state index in [1.165, 1.54) is 0 Å². The first-order valence-corrected chi connectivity index (χ1v) is 3.74. The zero-order valence-corrected chi connectivity index (χ0v) is 7.71. The minimum absolute atomic E-state index is 0.500. The molecule has 1 rings (SSSR count). The quantitative estimate of drug-likeness (QED) is 0.517. The van der Waals surface area contributed by atoms with E-state index in [0.29, 0.717) is 12.9 Å². The van der Waals surface area contributed by atoms with Gasteiger partial charge in [-0.2, -0.15) is 0 Å². The average molecular weight is 167 g/mol. The summed E-state index contributed by atoms with van der Waals surface area (Å²) in [5.74, 6) is 0. The molecule has 0 amide bonds. The Morgan fingerprint density at radius 2 is 1.50 bits per heavy atom. The summed E-state index contributed by atoms with van der Waals surface area (Å²) in [7, 11) is 0.500. The number of rotatable bonds is 0. The highest BCUT2D eigenvalue weighted by molar-refractivity contribution is 5.42. The first-order chi connectivity index (χ1) is 5.93. The zero-order valence-electron chi connectivity index (χ0n) is 7.71. The lowest BCUT2D eigenvalue weighted by Crippen LogP contribution is -1.54. The molecule has 0 heterocycles. The van der Waals surface area contributed by atoms with Gasteiger partial charge in [-0.3, -0.25) is 4.39 Å². The molecule has 1 nitrogen and oxygen atoms in total. The van der Waals surface area contributed by atoms with E-state index in [2.05, 4.69) is 4.85 Å². The monoisotopic (exact) mass is 167 g/mol. The van der Waals surface area contributed by atoms with Crippen LogP contribution in [-0.2, 0) is 0 Å². The molecular formula is C10H14FN. The van der Waals surface area contributed by atoms with Crippen LogP contribution in [0.3, 0.4) is 0 Å². The molecule has 0 aliphatic carbocycles. The average Bonchev–Trinajstić information content (AvgIpc) is 2.25. The highest BCUT2D eigenvalue weighted by Crippen LogP contribution is 2.07. The standard InChI is InChI=1S/C7H5N.C2H6.CH3F/c1-8-7-5-3-2-4-6-7;2*1-2/h2-6H;1-2H3;1H3. The fraction of sp³-hybridized carbons (Fsp3) is 0.300. The highest BCUT2D eigenvalue weighted by Gasteiger charge is 1.79. The molecule has 1 aromatic carbocycles. The number of para-hydroxylation sites is 1. The van der Waals surface area contributed by atoms with Crippen molar-refractivity contribution in [1.82, 2.24) is 0 Å². The Bertz CT molecular complexity index is 201. The van der Waals surface area contributed by atoms with E-state index in [9.17, 15) is 4.39 Å². The van der Waals surface area contributed by atoms with Gasteiger partial charge in [-0.25, -0.2) is 4.85 Å². The summed E-state index contributed by atoms with van der Waals surface area (Å²) in [6.07, 6.45) is 0. The maximum atomic E-state index is 9.50. The summed E-state index contributed by atoms with van der Waals surface area (Å²) in [4.78, 5) is 3.22. The van der Waals surface area contributed by atoms with Crippen LogP contribution in [-0.4, -0.2) is 7.18 Å². The predicted octanol–water partition coefficient (Wildman–Crippen LogP) is 3.85. The van der Waals surface area contributed by atoms with Crippen LogP contribution in [0.4, 0.5) is 10.1 Å². The van der Waals surface area contributed by atoms with Crippen LogP contribution in [0, 0.1) is 6.57 Å². The third-order valence-electron chi connectivity index (χ3n) is 0.885. The van der Waals surface area contributed by atoms with Crippen LogP contribution in [0.1, 0.15) is 13.8 Å². The molecule has 0 saturated carbocycles. The van der Waals surface area contributed by atoms with Gasteiger partial charge in [0.1, 0.15) is 0 Å². The second-order valence-electron chi connectivity index (χ2n) is 1.45. The third-order valence-corrected chi connectivity index (χ3v) is 0.885. The largest absolute Gasteiger partial charge is 0.255 e. The SMILES string of the molecule is CC.CF.[C-]#[N+]c1ccccc1. The Kier molecular flexibility index (Phi) is 13.6. The van der Waals surface area contributed by atoms with Crippen molar-refractivity contribution in [1.29, 1.82) is 0 Å².